The van der Waals surface area contributed by atoms with Gasteiger partial charge in [-0.3, -0.25) is 0 Å². The summed E-state index contributed by atoms with van der Waals surface area (Å²) < 4.78 is 0. The number of H-pyrrole nitrogens is 1. The molecule has 0 unspecified atom stereocenters. The first-order chi connectivity index (χ1) is 8.20. The van der Waals surface area contributed by atoms with Crippen molar-refractivity contribution in [1.82, 2.24) is 9.97 Å². The largest absolute Gasteiger partial charge is 0.378 e. The zero-order valence-corrected chi connectivity index (χ0v) is 10.0. The second-order valence-corrected chi connectivity index (χ2v) is 4.04. The van der Waals surface area contributed by atoms with Crippen molar-refractivity contribution in [2.75, 3.05) is 5.32 Å². The highest BCUT2D eigenvalue weighted by molar-refractivity contribution is 6.33. The standard InChI is InChI=1S/C12H11ClN4/c1-8-12(17-7-16-8)6-15-11-3-2-9(5-14)4-10(11)13/h2-4,7,15H,6H2,1H3,(H,16,17). The molecule has 2 rings (SSSR count). The van der Waals surface area contributed by atoms with E-state index in [1.54, 1.807) is 24.5 Å². The number of nitrogens with zero attached hydrogens (tertiary/aromatic N) is 2. The zero-order valence-electron chi connectivity index (χ0n) is 9.29. The summed E-state index contributed by atoms with van der Waals surface area (Å²) >= 11 is 6.05. The van der Waals surface area contributed by atoms with Gasteiger partial charge in [0.2, 0.25) is 0 Å². The molecule has 4 nitrogen and oxygen atoms in total. The number of hydrogen-bond donors (Lipinski definition) is 2. The summed E-state index contributed by atoms with van der Waals surface area (Å²) in [5, 5.41) is 12.4. The van der Waals surface area contributed by atoms with Gasteiger partial charge < -0.3 is 10.3 Å². The van der Waals surface area contributed by atoms with E-state index in [9.17, 15) is 0 Å². The molecular weight excluding hydrogens is 236 g/mol. The molecule has 0 aliphatic carbocycles. The van der Waals surface area contributed by atoms with E-state index in [1.165, 1.54) is 0 Å². The topological polar surface area (TPSA) is 64.5 Å². The lowest BCUT2D eigenvalue weighted by atomic mass is 10.2. The molecule has 0 atom stereocenters. The number of benzene rings is 1. The molecule has 0 radical (unpaired) electrons. The van der Waals surface area contributed by atoms with E-state index in [4.69, 9.17) is 16.9 Å². The van der Waals surface area contributed by atoms with E-state index in [2.05, 4.69) is 15.3 Å². The van der Waals surface area contributed by atoms with Crippen LogP contribution < -0.4 is 5.32 Å². The van der Waals surface area contributed by atoms with E-state index in [0.717, 1.165) is 17.1 Å². The Bertz CT molecular complexity index is 568. The van der Waals surface area contributed by atoms with E-state index >= 15 is 0 Å². The summed E-state index contributed by atoms with van der Waals surface area (Å²) in [7, 11) is 0. The summed E-state index contributed by atoms with van der Waals surface area (Å²) in [6.45, 7) is 2.56. The minimum atomic E-state index is 0.539. The highest BCUT2D eigenvalue weighted by atomic mass is 35.5. The van der Waals surface area contributed by atoms with E-state index in [1.807, 2.05) is 13.0 Å². The maximum absolute atomic E-state index is 8.73. The molecule has 0 saturated heterocycles. The summed E-state index contributed by atoms with van der Waals surface area (Å²) in [6, 6.07) is 7.21. The first-order valence-electron chi connectivity index (χ1n) is 5.13. The molecule has 2 N–H and O–H groups in total. The lowest BCUT2D eigenvalue weighted by Crippen LogP contribution is -2.01. The summed E-state index contributed by atoms with van der Waals surface area (Å²) in [5.74, 6) is 0. The Morgan fingerprint density at radius 3 is 2.94 bits per heavy atom. The Balaban J connectivity index is 2.10. The van der Waals surface area contributed by atoms with Gasteiger partial charge in [-0.1, -0.05) is 11.6 Å². The van der Waals surface area contributed by atoms with Crippen LogP contribution in [-0.4, -0.2) is 9.97 Å². The molecule has 1 heterocycles. The number of aromatic nitrogens is 2. The van der Waals surface area contributed by atoms with Crippen LogP contribution >= 0.6 is 11.6 Å². The second-order valence-electron chi connectivity index (χ2n) is 3.63. The maximum Gasteiger partial charge on any atom is 0.0992 e. The molecule has 5 heteroatoms. The minimum absolute atomic E-state index is 0.539. The Morgan fingerprint density at radius 1 is 1.53 bits per heavy atom. The van der Waals surface area contributed by atoms with Crippen molar-refractivity contribution in [1.29, 1.82) is 5.26 Å². The second kappa shape index (κ2) is 4.89. The van der Waals surface area contributed by atoms with Gasteiger partial charge in [0.15, 0.2) is 0 Å². The number of rotatable bonds is 3. The fraction of sp³-hybridized carbons (Fsp3) is 0.167. The smallest absolute Gasteiger partial charge is 0.0992 e. The van der Waals surface area contributed by atoms with Crippen LogP contribution in [0.4, 0.5) is 5.69 Å². The molecule has 1 aromatic carbocycles. The van der Waals surface area contributed by atoms with Gasteiger partial charge in [-0.05, 0) is 25.1 Å². The molecule has 1 aromatic heterocycles. The van der Waals surface area contributed by atoms with Crippen molar-refractivity contribution in [2.24, 2.45) is 0 Å². The first-order valence-corrected chi connectivity index (χ1v) is 5.51. The number of aryl methyl sites for hydroxylation is 1. The highest BCUT2D eigenvalue weighted by Gasteiger charge is 2.04. The van der Waals surface area contributed by atoms with Crippen LogP contribution in [0.3, 0.4) is 0 Å². The normalized spacial score (nSPS) is 9.94. The van der Waals surface area contributed by atoms with E-state index in [-0.39, 0.29) is 0 Å². The maximum atomic E-state index is 8.73. The summed E-state index contributed by atoms with van der Waals surface area (Å²) in [4.78, 5) is 7.19. The Kier molecular flexibility index (Phi) is 3.31. The number of nitriles is 1. The van der Waals surface area contributed by atoms with Gasteiger partial charge in [-0.15, -0.1) is 0 Å². The lowest BCUT2D eigenvalue weighted by molar-refractivity contribution is 1.05. The van der Waals surface area contributed by atoms with Crippen molar-refractivity contribution in [3.8, 4) is 6.07 Å². The predicted molar refractivity (Wildman–Crippen MR) is 66.8 cm³/mol. The molecule has 0 fully saturated rings. The monoisotopic (exact) mass is 246 g/mol. The van der Waals surface area contributed by atoms with Crippen LogP contribution in [0.2, 0.25) is 5.02 Å². The molecule has 0 aliphatic heterocycles. The van der Waals surface area contributed by atoms with Crippen molar-refractivity contribution in [3.05, 3.63) is 46.5 Å². The molecule has 17 heavy (non-hydrogen) atoms. The lowest BCUT2D eigenvalue weighted by Gasteiger charge is -2.07. The SMILES string of the molecule is Cc1[nH]cnc1CNc1ccc(C#N)cc1Cl. The van der Waals surface area contributed by atoms with Crippen molar-refractivity contribution in [3.63, 3.8) is 0 Å². The third-order valence-electron chi connectivity index (χ3n) is 2.48. The van der Waals surface area contributed by atoms with Gasteiger partial charge in [0.25, 0.3) is 0 Å². The molecule has 0 bridgehead atoms. The van der Waals surface area contributed by atoms with E-state index < -0.39 is 0 Å². The van der Waals surface area contributed by atoms with Crippen LogP contribution in [0.1, 0.15) is 17.0 Å². The van der Waals surface area contributed by atoms with Crippen molar-refractivity contribution < 1.29 is 0 Å². The molecule has 0 amide bonds. The first kappa shape index (κ1) is 11.5. The van der Waals surface area contributed by atoms with Gasteiger partial charge >= 0.3 is 0 Å². The third kappa shape index (κ3) is 2.58. The van der Waals surface area contributed by atoms with Gasteiger partial charge in [0.1, 0.15) is 0 Å². The van der Waals surface area contributed by atoms with Crippen LogP contribution in [0.5, 0.6) is 0 Å². The molecule has 0 aliphatic rings. The summed E-state index contributed by atoms with van der Waals surface area (Å²) in [6.07, 6.45) is 1.66. The third-order valence-corrected chi connectivity index (χ3v) is 2.79. The van der Waals surface area contributed by atoms with Crippen LogP contribution in [-0.2, 0) is 6.54 Å². The van der Waals surface area contributed by atoms with Crippen LogP contribution in [0.15, 0.2) is 24.5 Å². The van der Waals surface area contributed by atoms with Crippen LogP contribution in [0.25, 0.3) is 0 Å². The number of nitrogens with one attached hydrogen (secondary N) is 2. The fourth-order valence-corrected chi connectivity index (χ4v) is 1.72. The predicted octanol–water partition coefficient (Wildman–Crippen LogP) is 2.86. The zero-order chi connectivity index (χ0) is 12.3. The average Bonchev–Trinajstić information content (AvgIpc) is 2.73. The van der Waals surface area contributed by atoms with E-state index in [0.29, 0.717) is 17.1 Å². The number of halogens is 1. The van der Waals surface area contributed by atoms with Crippen molar-refractivity contribution >= 4 is 17.3 Å². The Morgan fingerprint density at radius 2 is 2.35 bits per heavy atom. The molecular formula is C12H11ClN4. The van der Waals surface area contributed by atoms with Gasteiger partial charge in [0, 0.05) is 5.69 Å². The van der Waals surface area contributed by atoms with Crippen LogP contribution in [0, 0.1) is 18.3 Å². The number of imidazole rings is 1. The van der Waals surface area contributed by atoms with Crippen molar-refractivity contribution in [2.45, 2.75) is 13.5 Å². The molecule has 0 saturated carbocycles. The minimum Gasteiger partial charge on any atom is -0.378 e. The van der Waals surface area contributed by atoms with Gasteiger partial charge in [-0.2, -0.15) is 5.26 Å². The van der Waals surface area contributed by atoms with Gasteiger partial charge in [0.05, 0.1) is 40.9 Å². The quantitative estimate of drug-likeness (QED) is 0.875. The highest BCUT2D eigenvalue weighted by Crippen LogP contribution is 2.23. The Hall–Kier alpha value is -1.99. The summed E-state index contributed by atoms with van der Waals surface area (Å²) in [5.41, 5.74) is 3.33. The number of aromatic amines is 1. The average molecular weight is 247 g/mol. The molecule has 2 aromatic rings. The molecule has 0 spiro atoms. The van der Waals surface area contributed by atoms with Gasteiger partial charge in [-0.25, -0.2) is 4.98 Å². The molecule has 86 valence electrons. The Labute approximate surface area is 104 Å². The number of hydrogen-bond acceptors (Lipinski definition) is 3. The number of anilines is 1. The fourth-order valence-electron chi connectivity index (χ4n) is 1.47.